The van der Waals surface area contributed by atoms with Crippen molar-refractivity contribution in [2.24, 2.45) is 0 Å². The van der Waals surface area contributed by atoms with Crippen molar-refractivity contribution in [1.29, 1.82) is 0 Å². The first-order chi connectivity index (χ1) is 5.88. The van der Waals surface area contributed by atoms with Gasteiger partial charge < -0.3 is 11.4 Å². The van der Waals surface area contributed by atoms with Crippen LogP contribution >= 0.6 is 11.3 Å². The summed E-state index contributed by atoms with van der Waals surface area (Å²) in [6, 6.07) is 8.02. The van der Waals surface area contributed by atoms with Gasteiger partial charge in [0, 0.05) is 32.7 Å². The molecule has 0 aliphatic rings. The number of fused-ring (bicyclic) bond motifs is 1. The zero-order chi connectivity index (χ0) is 8.81. The van der Waals surface area contributed by atoms with Crippen LogP contribution in [0.15, 0.2) is 24.3 Å². The van der Waals surface area contributed by atoms with Gasteiger partial charge >= 0.3 is 0 Å². The Balaban J connectivity index is 0.000000324. The predicted molar refractivity (Wildman–Crippen MR) is 54.1 cm³/mol. The number of thiazole rings is 1. The molecule has 0 atom stereocenters. The second kappa shape index (κ2) is 7.60. The predicted octanol–water partition coefficient (Wildman–Crippen LogP) is 3.32. The number of hydrogen-bond donors (Lipinski definition) is 0. The molecular weight excluding hydrogens is 255 g/mol. The third kappa shape index (κ3) is 4.30. The zero-order valence-electron chi connectivity index (χ0n) is 7.82. The standard InChI is InChI=1S/C7H4NS.C3H7.Y/c1-2-4-7-6(3-1)8-5-9-7;1-3-2;/h1-4H;3H,1-2H3;/q2*-1;. The van der Waals surface area contributed by atoms with E-state index in [0.717, 1.165) is 5.52 Å². The van der Waals surface area contributed by atoms with Crippen molar-refractivity contribution in [1.82, 2.24) is 4.98 Å². The molecule has 0 unspecified atom stereocenters. The maximum atomic E-state index is 4.01. The molecule has 1 nitrogen and oxygen atoms in total. The van der Waals surface area contributed by atoms with Gasteiger partial charge in [-0.1, -0.05) is 17.6 Å². The summed E-state index contributed by atoms with van der Waals surface area (Å²) in [5, 5.41) is 0. The van der Waals surface area contributed by atoms with Gasteiger partial charge in [-0.05, 0) is 5.51 Å². The minimum atomic E-state index is 0. The van der Waals surface area contributed by atoms with Gasteiger partial charge in [0.15, 0.2) is 0 Å². The number of rotatable bonds is 0. The van der Waals surface area contributed by atoms with E-state index in [9.17, 15) is 0 Å². The van der Waals surface area contributed by atoms with Gasteiger partial charge in [0.05, 0.1) is 0 Å². The normalized spacial score (nSPS) is 8.46. The largest absolute Gasteiger partial charge is 0.386 e. The number of para-hydroxylation sites is 1. The number of hydrogen-bond acceptors (Lipinski definition) is 2. The topological polar surface area (TPSA) is 12.9 Å². The molecular formula is C10H11NSY-2. The van der Waals surface area contributed by atoms with E-state index in [-0.39, 0.29) is 32.7 Å². The summed E-state index contributed by atoms with van der Waals surface area (Å²) in [5.41, 5.74) is 3.87. The second-order valence-corrected chi connectivity index (χ2v) is 3.18. The molecule has 67 valence electrons. The van der Waals surface area contributed by atoms with Gasteiger partial charge in [-0.25, -0.2) is 0 Å². The van der Waals surface area contributed by atoms with E-state index in [4.69, 9.17) is 0 Å². The molecule has 0 fully saturated rings. The number of nitrogens with zero attached hydrogens (tertiary/aromatic N) is 1. The van der Waals surface area contributed by atoms with Crippen molar-refractivity contribution in [2.45, 2.75) is 13.8 Å². The summed E-state index contributed by atoms with van der Waals surface area (Å²) in [4.78, 5) is 4.01. The minimum Gasteiger partial charge on any atom is -0.386 e. The Morgan fingerprint density at radius 3 is 2.54 bits per heavy atom. The van der Waals surface area contributed by atoms with Gasteiger partial charge in [0.1, 0.15) is 0 Å². The van der Waals surface area contributed by atoms with Crippen molar-refractivity contribution < 1.29 is 32.7 Å². The molecule has 1 aromatic carbocycles. The summed E-state index contributed by atoms with van der Waals surface area (Å²) in [6.45, 7) is 4.00. The van der Waals surface area contributed by atoms with Gasteiger partial charge in [-0.15, -0.1) is 16.8 Å². The van der Waals surface area contributed by atoms with Crippen molar-refractivity contribution >= 4 is 21.6 Å². The molecule has 0 amide bonds. The zero-order valence-corrected chi connectivity index (χ0v) is 11.5. The summed E-state index contributed by atoms with van der Waals surface area (Å²) in [5.74, 6) is 0. The van der Waals surface area contributed by atoms with E-state index in [1.165, 1.54) is 4.70 Å². The Morgan fingerprint density at radius 2 is 1.92 bits per heavy atom. The fourth-order valence-corrected chi connectivity index (χ4v) is 1.36. The van der Waals surface area contributed by atoms with Crippen LogP contribution in [0.25, 0.3) is 10.2 Å². The fraction of sp³-hybridized carbons (Fsp3) is 0.200. The molecule has 3 heteroatoms. The van der Waals surface area contributed by atoms with Crippen molar-refractivity contribution in [3.05, 3.63) is 36.2 Å². The Labute approximate surface area is 108 Å². The van der Waals surface area contributed by atoms with Gasteiger partial charge in [-0.3, -0.25) is 11.3 Å². The molecule has 0 aliphatic heterocycles. The Morgan fingerprint density at radius 1 is 1.31 bits per heavy atom. The van der Waals surface area contributed by atoms with E-state index in [0.29, 0.717) is 0 Å². The molecule has 0 bridgehead atoms. The van der Waals surface area contributed by atoms with Crippen LogP contribution in [-0.4, -0.2) is 4.98 Å². The molecule has 2 aromatic rings. The average Bonchev–Trinajstić information content (AvgIpc) is 2.52. The molecule has 0 N–H and O–H groups in total. The molecule has 1 aromatic heterocycles. The summed E-state index contributed by atoms with van der Waals surface area (Å²) >= 11 is 1.55. The maximum Gasteiger partial charge on any atom is 0 e. The molecule has 2 rings (SSSR count). The van der Waals surface area contributed by atoms with Crippen molar-refractivity contribution in [3.8, 4) is 0 Å². The van der Waals surface area contributed by atoms with Gasteiger partial charge in [-0.2, -0.15) is 13.8 Å². The molecule has 0 aliphatic carbocycles. The van der Waals surface area contributed by atoms with E-state index >= 15 is 0 Å². The van der Waals surface area contributed by atoms with Crippen LogP contribution in [-0.2, 0) is 32.7 Å². The van der Waals surface area contributed by atoms with E-state index < -0.39 is 0 Å². The van der Waals surface area contributed by atoms with Crippen LogP contribution in [0.3, 0.4) is 0 Å². The Bertz CT molecular complexity index is 302. The molecule has 1 radical (unpaired) electrons. The second-order valence-electron chi connectivity index (χ2n) is 2.35. The number of benzene rings is 1. The molecule has 0 saturated carbocycles. The first kappa shape index (κ1) is 13.2. The van der Waals surface area contributed by atoms with E-state index in [1.807, 2.05) is 44.5 Å². The van der Waals surface area contributed by atoms with E-state index in [1.54, 1.807) is 11.3 Å². The first-order valence-electron chi connectivity index (χ1n) is 3.84. The smallest absolute Gasteiger partial charge is 0 e. The molecule has 0 spiro atoms. The fourth-order valence-electron chi connectivity index (χ4n) is 0.757. The van der Waals surface area contributed by atoms with Crippen LogP contribution in [0.2, 0.25) is 0 Å². The third-order valence-electron chi connectivity index (χ3n) is 1.19. The minimum absolute atomic E-state index is 0. The van der Waals surface area contributed by atoms with Crippen molar-refractivity contribution in [2.75, 3.05) is 0 Å². The quantitative estimate of drug-likeness (QED) is 0.666. The maximum absolute atomic E-state index is 4.01. The van der Waals surface area contributed by atoms with Crippen LogP contribution in [0.5, 0.6) is 0 Å². The SMILES string of the molecule is C[CH-]C.[Y].[c-]1nc2ccccc2s1. The van der Waals surface area contributed by atoms with Gasteiger partial charge in [0.2, 0.25) is 0 Å². The van der Waals surface area contributed by atoms with Gasteiger partial charge in [0.25, 0.3) is 0 Å². The molecule has 0 saturated heterocycles. The Kier molecular flexibility index (Phi) is 7.73. The van der Waals surface area contributed by atoms with Crippen LogP contribution < -0.4 is 0 Å². The van der Waals surface area contributed by atoms with Crippen LogP contribution in [0.4, 0.5) is 0 Å². The first-order valence-corrected chi connectivity index (χ1v) is 4.65. The molecule has 13 heavy (non-hydrogen) atoms. The summed E-state index contributed by atoms with van der Waals surface area (Å²) < 4.78 is 1.21. The summed E-state index contributed by atoms with van der Waals surface area (Å²) in [7, 11) is 0. The van der Waals surface area contributed by atoms with E-state index in [2.05, 4.69) is 10.5 Å². The van der Waals surface area contributed by atoms with Crippen LogP contribution in [0, 0.1) is 11.9 Å². The monoisotopic (exact) mass is 266 g/mol. The van der Waals surface area contributed by atoms with Crippen molar-refractivity contribution in [3.63, 3.8) is 0 Å². The third-order valence-corrected chi connectivity index (χ3v) is 1.93. The average molecular weight is 266 g/mol. The molecule has 1 heterocycles. The van der Waals surface area contributed by atoms with Crippen LogP contribution in [0.1, 0.15) is 13.8 Å². The number of aromatic nitrogens is 1. The summed E-state index contributed by atoms with van der Waals surface area (Å²) in [6.07, 6.45) is 2.00. The Hall–Kier alpha value is 0.214.